The van der Waals surface area contributed by atoms with Gasteiger partial charge < -0.3 is 5.11 Å². The van der Waals surface area contributed by atoms with E-state index in [1.165, 1.54) is 0 Å². The predicted molar refractivity (Wildman–Crippen MR) is 57.3 cm³/mol. The molecule has 0 saturated carbocycles. The monoisotopic (exact) mass is 227 g/mol. The Hall–Kier alpha value is -1.00. The molecule has 1 atom stereocenters. The van der Waals surface area contributed by atoms with Crippen LogP contribution < -0.4 is 0 Å². The van der Waals surface area contributed by atoms with E-state index in [9.17, 15) is 8.78 Å². The molecule has 1 fully saturated rings. The van der Waals surface area contributed by atoms with Crippen LogP contribution in [0.25, 0.3) is 0 Å². The summed E-state index contributed by atoms with van der Waals surface area (Å²) < 4.78 is 26.5. The first-order valence-electron chi connectivity index (χ1n) is 5.40. The van der Waals surface area contributed by atoms with E-state index < -0.39 is 12.0 Å². The number of nitrogens with zero attached hydrogens (tertiary/aromatic N) is 1. The van der Waals surface area contributed by atoms with E-state index >= 15 is 0 Å². The number of aliphatic hydroxyl groups is 1. The van der Waals surface area contributed by atoms with Gasteiger partial charge in [-0.05, 0) is 12.0 Å². The van der Waals surface area contributed by atoms with E-state index in [-0.39, 0.29) is 13.0 Å². The first kappa shape index (κ1) is 11.5. The summed E-state index contributed by atoms with van der Waals surface area (Å²) in [6.45, 7) is 0.678. The Morgan fingerprint density at radius 1 is 1.31 bits per heavy atom. The fourth-order valence-corrected chi connectivity index (χ4v) is 1.98. The Bertz CT molecular complexity index is 342. The van der Waals surface area contributed by atoms with E-state index in [4.69, 9.17) is 5.11 Å². The number of benzene rings is 1. The minimum Gasteiger partial charge on any atom is -0.387 e. The van der Waals surface area contributed by atoms with E-state index in [0.29, 0.717) is 13.1 Å². The highest BCUT2D eigenvalue weighted by atomic mass is 19.3. The normalized spacial score (nSPS) is 25.6. The molecule has 1 heterocycles. The second kappa shape index (κ2) is 4.47. The molecule has 16 heavy (non-hydrogen) atoms. The van der Waals surface area contributed by atoms with Crippen molar-refractivity contribution in [2.24, 2.45) is 0 Å². The molecule has 0 spiro atoms. The molecular formula is C12H15F2NO. The molecule has 0 amide bonds. The summed E-state index contributed by atoms with van der Waals surface area (Å²) in [5.41, 5.74) is 1.02. The highest BCUT2D eigenvalue weighted by Gasteiger charge is 2.43. The maximum atomic E-state index is 13.3. The van der Waals surface area contributed by atoms with Crippen molar-refractivity contribution in [2.45, 2.75) is 25.0 Å². The smallest absolute Gasteiger partial charge is 0.285 e. The highest BCUT2D eigenvalue weighted by molar-refractivity contribution is 5.14. The van der Waals surface area contributed by atoms with Gasteiger partial charge in [0.05, 0.1) is 6.54 Å². The first-order chi connectivity index (χ1) is 7.58. The van der Waals surface area contributed by atoms with E-state index in [1.807, 2.05) is 30.3 Å². The third kappa shape index (κ3) is 2.57. The number of halogens is 2. The van der Waals surface area contributed by atoms with Crippen LogP contribution >= 0.6 is 0 Å². The van der Waals surface area contributed by atoms with E-state index in [0.717, 1.165) is 5.56 Å². The number of rotatable bonds is 2. The molecule has 0 aliphatic carbocycles. The van der Waals surface area contributed by atoms with Crippen molar-refractivity contribution < 1.29 is 13.9 Å². The van der Waals surface area contributed by atoms with Crippen molar-refractivity contribution in [3.8, 4) is 0 Å². The molecule has 0 aromatic heterocycles. The van der Waals surface area contributed by atoms with Crippen molar-refractivity contribution in [3.05, 3.63) is 35.9 Å². The minimum absolute atomic E-state index is 0.139. The predicted octanol–water partition coefficient (Wildman–Crippen LogP) is 1.89. The van der Waals surface area contributed by atoms with Crippen molar-refractivity contribution in [1.82, 2.24) is 4.90 Å². The average Bonchev–Trinajstić information content (AvgIpc) is 2.25. The number of aliphatic hydroxyl groups excluding tert-OH is 1. The molecule has 88 valence electrons. The number of hydrogen-bond acceptors (Lipinski definition) is 2. The zero-order chi connectivity index (χ0) is 11.6. The molecule has 2 nitrogen and oxygen atoms in total. The topological polar surface area (TPSA) is 23.5 Å². The lowest BCUT2D eigenvalue weighted by atomic mass is 10.0. The largest absolute Gasteiger partial charge is 0.387 e. The zero-order valence-electron chi connectivity index (χ0n) is 8.94. The summed E-state index contributed by atoms with van der Waals surface area (Å²) in [4.78, 5) is 1.68. The molecule has 1 aromatic rings. The summed E-state index contributed by atoms with van der Waals surface area (Å²) in [7, 11) is 0. The van der Waals surface area contributed by atoms with Crippen LogP contribution in [0.1, 0.15) is 12.0 Å². The SMILES string of the molecule is O[C@H]1CCN(Cc2ccccc2)CC1(F)F. The Kier molecular flexibility index (Phi) is 3.21. The maximum Gasteiger partial charge on any atom is 0.285 e. The molecule has 0 bridgehead atoms. The van der Waals surface area contributed by atoms with Crippen LogP contribution in [0, 0.1) is 0 Å². The Labute approximate surface area is 93.5 Å². The van der Waals surface area contributed by atoms with Crippen molar-refractivity contribution >= 4 is 0 Å². The van der Waals surface area contributed by atoms with Gasteiger partial charge in [-0.2, -0.15) is 0 Å². The van der Waals surface area contributed by atoms with Crippen molar-refractivity contribution in [2.75, 3.05) is 13.1 Å². The zero-order valence-corrected chi connectivity index (χ0v) is 8.94. The molecular weight excluding hydrogens is 212 g/mol. The van der Waals surface area contributed by atoms with E-state index in [2.05, 4.69) is 0 Å². The molecule has 4 heteroatoms. The fourth-order valence-electron chi connectivity index (χ4n) is 1.98. The molecule has 1 aliphatic heterocycles. The molecule has 1 N–H and O–H groups in total. The first-order valence-corrected chi connectivity index (χ1v) is 5.40. The van der Waals surface area contributed by atoms with Crippen LogP contribution in [0.4, 0.5) is 8.78 Å². The van der Waals surface area contributed by atoms with Gasteiger partial charge in [0.25, 0.3) is 5.92 Å². The summed E-state index contributed by atoms with van der Waals surface area (Å²) in [5.74, 6) is -2.98. The van der Waals surface area contributed by atoms with Gasteiger partial charge in [-0.25, -0.2) is 8.78 Å². The maximum absolute atomic E-state index is 13.3. The van der Waals surface area contributed by atoms with Gasteiger partial charge in [-0.3, -0.25) is 4.90 Å². The summed E-state index contributed by atoms with van der Waals surface area (Å²) in [5, 5.41) is 9.14. The Balaban J connectivity index is 1.97. The third-order valence-corrected chi connectivity index (χ3v) is 2.89. The molecule has 0 unspecified atom stereocenters. The van der Waals surface area contributed by atoms with Crippen LogP contribution in [-0.2, 0) is 6.54 Å². The number of likely N-dealkylation sites (tertiary alicyclic amines) is 1. The van der Waals surface area contributed by atoms with Gasteiger partial charge in [-0.1, -0.05) is 30.3 Å². The van der Waals surface area contributed by atoms with Crippen LogP contribution in [0.15, 0.2) is 30.3 Å². The average molecular weight is 227 g/mol. The lowest BCUT2D eigenvalue weighted by Gasteiger charge is -2.35. The van der Waals surface area contributed by atoms with Crippen molar-refractivity contribution in [1.29, 1.82) is 0 Å². The van der Waals surface area contributed by atoms with Crippen LogP contribution in [0.5, 0.6) is 0 Å². The van der Waals surface area contributed by atoms with Crippen LogP contribution in [0.3, 0.4) is 0 Å². The molecule has 1 aliphatic rings. The summed E-state index contributed by atoms with van der Waals surface area (Å²) >= 11 is 0. The van der Waals surface area contributed by atoms with Crippen molar-refractivity contribution in [3.63, 3.8) is 0 Å². The Morgan fingerprint density at radius 3 is 2.62 bits per heavy atom. The van der Waals surface area contributed by atoms with Gasteiger partial charge in [0.2, 0.25) is 0 Å². The lowest BCUT2D eigenvalue weighted by Crippen LogP contribution is -2.51. The Morgan fingerprint density at radius 2 is 2.00 bits per heavy atom. The quantitative estimate of drug-likeness (QED) is 0.834. The van der Waals surface area contributed by atoms with Crippen LogP contribution in [-0.4, -0.2) is 35.1 Å². The summed E-state index contributed by atoms with van der Waals surface area (Å²) in [6, 6.07) is 9.53. The van der Waals surface area contributed by atoms with Gasteiger partial charge in [-0.15, -0.1) is 0 Å². The molecule has 2 rings (SSSR count). The minimum atomic E-state index is -2.98. The van der Waals surface area contributed by atoms with Gasteiger partial charge in [0.1, 0.15) is 6.10 Å². The highest BCUT2D eigenvalue weighted by Crippen LogP contribution is 2.27. The second-order valence-electron chi connectivity index (χ2n) is 4.26. The summed E-state index contributed by atoms with van der Waals surface area (Å²) in [6.07, 6.45) is -1.35. The molecule has 1 saturated heterocycles. The third-order valence-electron chi connectivity index (χ3n) is 2.89. The van der Waals surface area contributed by atoms with Gasteiger partial charge >= 0.3 is 0 Å². The van der Waals surface area contributed by atoms with Gasteiger partial charge in [0, 0.05) is 13.1 Å². The fraction of sp³-hybridized carbons (Fsp3) is 0.500. The molecule has 1 aromatic carbocycles. The molecule has 0 radical (unpaired) electrons. The second-order valence-corrected chi connectivity index (χ2v) is 4.26. The number of hydrogen-bond donors (Lipinski definition) is 1. The van der Waals surface area contributed by atoms with Gasteiger partial charge in [0.15, 0.2) is 0 Å². The van der Waals surface area contributed by atoms with E-state index in [1.54, 1.807) is 4.90 Å². The lowest BCUT2D eigenvalue weighted by molar-refractivity contribution is -0.151. The number of alkyl halides is 2. The van der Waals surface area contributed by atoms with Crippen LogP contribution in [0.2, 0.25) is 0 Å². The standard InChI is InChI=1S/C12H15F2NO/c13-12(14)9-15(7-6-11(12)16)8-10-4-2-1-3-5-10/h1-5,11,16H,6-9H2/t11-/m0/s1. The number of piperidine rings is 1.